The molecule has 7 nitrogen and oxygen atoms in total. The van der Waals surface area contributed by atoms with Crippen LogP contribution in [0.15, 0.2) is 144 Å². The number of thioether (sulfide) groups is 1. The smallest absolute Gasteiger partial charge is 0.240 e. The highest BCUT2D eigenvalue weighted by Crippen LogP contribution is 2.48. The van der Waals surface area contributed by atoms with Crippen molar-refractivity contribution in [2.45, 2.75) is 47.5 Å². The van der Waals surface area contributed by atoms with Gasteiger partial charge in [0.1, 0.15) is 0 Å². The molecular weight excluding hydrogens is 605 g/mol. The molecule has 5 aromatic rings. The summed E-state index contributed by atoms with van der Waals surface area (Å²) in [7, 11) is -3.62. The molecule has 45 heavy (non-hydrogen) atoms. The van der Waals surface area contributed by atoms with Crippen LogP contribution >= 0.6 is 11.8 Å². The molecule has 2 heterocycles. The van der Waals surface area contributed by atoms with Gasteiger partial charge in [0.05, 0.1) is 28.7 Å². The number of nitrogens with zero attached hydrogens (tertiary/aromatic N) is 1. The zero-order chi connectivity index (χ0) is 31.1. The molecule has 6 rings (SSSR count). The van der Waals surface area contributed by atoms with E-state index in [1.807, 2.05) is 84.9 Å². The second-order valence-electron chi connectivity index (χ2n) is 10.8. The maximum absolute atomic E-state index is 12.7. The second kappa shape index (κ2) is 14.5. The van der Waals surface area contributed by atoms with Gasteiger partial charge in [-0.3, -0.25) is 0 Å². The van der Waals surface area contributed by atoms with Crippen LogP contribution in [0.2, 0.25) is 0 Å². The molecule has 0 bridgehead atoms. The number of nitrogens with one attached hydrogen (secondary N) is 1. The van der Waals surface area contributed by atoms with Crippen LogP contribution in [0.1, 0.15) is 46.1 Å². The average Bonchev–Trinajstić information content (AvgIpc) is 3.11. The molecule has 0 spiro atoms. The average molecular weight is 639 g/mol. The molecule has 0 amide bonds. The molecule has 1 saturated heterocycles. The van der Waals surface area contributed by atoms with Gasteiger partial charge in [0.15, 0.2) is 6.29 Å². The summed E-state index contributed by atoms with van der Waals surface area (Å²) in [6.07, 6.45) is 0.581. The number of pyridine rings is 1. The van der Waals surface area contributed by atoms with Crippen LogP contribution in [0.5, 0.6) is 0 Å². The van der Waals surface area contributed by atoms with E-state index < -0.39 is 16.3 Å². The fourth-order valence-electron chi connectivity index (χ4n) is 5.41. The third kappa shape index (κ3) is 7.70. The van der Waals surface area contributed by atoms with Gasteiger partial charge in [-0.25, -0.2) is 18.1 Å². The highest BCUT2D eigenvalue weighted by molar-refractivity contribution is 7.99. The lowest BCUT2D eigenvalue weighted by molar-refractivity contribution is -0.255. The predicted molar refractivity (Wildman–Crippen MR) is 175 cm³/mol. The fraction of sp³-hybridized carbons (Fsp3) is 0.194. The van der Waals surface area contributed by atoms with Gasteiger partial charge in [-0.2, -0.15) is 0 Å². The molecule has 0 radical (unpaired) electrons. The number of rotatable bonds is 11. The van der Waals surface area contributed by atoms with E-state index >= 15 is 0 Å². The Morgan fingerprint density at radius 1 is 0.711 bits per heavy atom. The first-order valence-electron chi connectivity index (χ1n) is 14.7. The number of aromatic nitrogens is 1. The Bertz CT molecular complexity index is 1760. The van der Waals surface area contributed by atoms with Gasteiger partial charge in [0.2, 0.25) is 10.0 Å². The topological polar surface area (TPSA) is 97.8 Å². The number of ether oxygens (including phenoxy) is 2. The third-order valence-electron chi connectivity index (χ3n) is 7.78. The number of hydrogen-bond acceptors (Lipinski definition) is 7. The first-order chi connectivity index (χ1) is 22.0. The molecule has 1 aliphatic heterocycles. The van der Waals surface area contributed by atoms with E-state index in [1.54, 1.807) is 48.3 Å². The SMILES string of the molecule is O=S(=O)(NCc1ccc(C2OC(CSc3ccccn3)C(c3ccccc3)C(c3ccc(CO)cc3)O2)cc1)c1ccccc1. The minimum Gasteiger partial charge on any atom is -0.392 e. The molecule has 4 aromatic carbocycles. The Labute approximate surface area is 268 Å². The summed E-state index contributed by atoms with van der Waals surface area (Å²) < 4.78 is 41.6. The molecule has 9 heteroatoms. The third-order valence-corrected chi connectivity index (χ3v) is 10.2. The van der Waals surface area contributed by atoms with Crippen molar-refractivity contribution in [2.24, 2.45) is 0 Å². The Hall–Kier alpha value is -3.83. The highest BCUT2D eigenvalue weighted by atomic mass is 32.2. The summed E-state index contributed by atoms with van der Waals surface area (Å²) in [5.74, 6) is 0.548. The quantitative estimate of drug-likeness (QED) is 0.154. The zero-order valence-electron chi connectivity index (χ0n) is 24.5. The van der Waals surface area contributed by atoms with Crippen molar-refractivity contribution in [3.8, 4) is 0 Å². The van der Waals surface area contributed by atoms with Crippen molar-refractivity contribution in [1.82, 2.24) is 9.71 Å². The van der Waals surface area contributed by atoms with E-state index in [9.17, 15) is 13.5 Å². The molecule has 230 valence electrons. The lowest BCUT2D eigenvalue weighted by Crippen LogP contribution is -2.38. The summed E-state index contributed by atoms with van der Waals surface area (Å²) in [6, 6.07) is 40.0. The van der Waals surface area contributed by atoms with Crippen molar-refractivity contribution >= 4 is 21.8 Å². The Kier molecular flexibility index (Phi) is 10.0. The normalized spacial score (nSPS) is 20.1. The van der Waals surface area contributed by atoms with Crippen molar-refractivity contribution in [3.63, 3.8) is 0 Å². The predicted octanol–water partition coefficient (Wildman–Crippen LogP) is 6.78. The summed E-state index contributed by atoms with van der Waals surface area (Å²) in [5.41, 5.74) is 4.59. The maximum atomic E-state index is 12.7. The lowest BCUT2D eigenvalue weighted by Gasteiger charge is -2.43. The van der Waals surface area contributed by atoms with E-state index in [0.29, 0.717) is 5.75 Å². The maximum Gasteiger partial charge on any atom is 0.240 e. The Morgan fingerprint density at radius 3 is 2.02 bits per heavy atom. The molecule has 1 aliphatic rings. The summed E-state index contributed by atoms with van der Waals surface area (Å²) in [4.78, 5) is 4.73. The fourth-order valence-corrected chi connectivity index (χ4v) is 7.38. The molecule has 4 atom stereocenters. The number of benzene rings is 4. The largest absolute Gasteiger partial charge is 0.392 e. The molecule has 0 aliphatic carbocycles. The van der Waals surface area contributed by atoms with Crippen LogP contribution < -0.4 is 4.72 Å². The van der Waals surface area contributed by atoms with Crippen LogP contribution in [0.4, 0.5) is 0 Å². The number of aliphatic hydroxyl groups excluding tert-OH is 1. The van der Waals surface area contributed by atoms with Crippen molar-refractivity contribution in [2.75, 3.05) is 5.75 Å². The van der Waals surface area contributed by atoms with E-state index in [0.717, 1.165) is 32.8 Å². The second-order valence-corrected chi connectivity index (χ2v) is 13.6. The first kappa shape index (κ1) is 31.2. The lowest BCUT2D eigenvalue weighted by atomic mass is 9.84. The molecule has 1 aromatic heterocycles. The molecule has 4 unspecified atom stereocenters. The van der Waals surface area contributed by atoms with Gasteiger partial charge in [0.25, 0.3) is 0 Å². The minimum absolute atomic E-state index is 0.0309. The number of aliphatic hydroxyl groups is 1. The van der Waals surface area contributed by atoms with Crippen LogP contribution in [-0.2, 0) is 32.6 Å². The minimum atomic E-state index is -3.62. The summed E-state index contributed by atoms with van der Waals surface area (Å²) >= 11 is 1.65. The Morgan fingerprint density at radius 2 is 1.36 bits per heavy atom. The number of hydrogen-bond donors (Lipinski definition) is 2. The van der Waals surface area contributed by atoms with Gasteiger partial charge in [-0.15, -0.1) is 11.8 Å². The van der Waals surface area contributed by atoms with Gasteiger partial charge in [-0.05, 0) is 46.5 Å². The van der Waals surface area contributed by atoms with Crippen molar-refractivity contribution in [1.29, 1.82) is 0 Å². The van der Waals surface area contributed by atoms with Gasteiger partial charge in [-0.1, -0.05) is 103 Å². The van der Waals surface area contributed by atoms with Crippen LogP contribution in [-0.4, -0.2) is 30.4 Å². The molecule has 0 saturated carbocycles. The number of sulfonamides is 1. The molecule has 1 fully saturated rings. The van der Waals surface area contributed by atoms with E-state index in [2.05, 4.69) is 21.8 Å². The van der Waals surface area contributed by atoms with Crippen molar-refractivity contribution in [3.05, 3.63) is 161 Å². The van der Waals surface area contributed by atoms with E-state index in [1.165, 1.54) is 0 Å². The van der Waals surface area contributed by atoms with E-state index in [4.69, 9.17) is 9.47 Å². The van der Waals surface area contributed by atoms with Crippen molar-refractivity contribution < 1.29 is 23.0 Å². The molecular formula is C36H34N2O5S2. The summed E-state index contributed by atoms with van der Waals surface area (Å²) in [6.45, 7) is 0.125. The van der Waals surface area contributed by atoms with Crippen LogP contribution in [0.25, 0.3) is 0 Å². The highest BCUT2D eigenvalue weighted by Gasteiger charge is 2.42. The van der Waals surface area contributed by atoms with Crippen LogP contribution in [0, 0.1) is 0 Å². The Balaban J connectivity index is 1.27. The monoisotopic (exact) mass is 638 g/mol. The summed E-state index contributed by atoms with van der Waals surface area (Å²) in [5, 5.41) is 10.6. The van der Waals surface area contributed by atoms with Gasteiger partial charge < -0.3 is 14.6 Å². The standard InChI is InChI=1S/C36H34N2O5S2/c39-24-27-16-18-29(19-17-27)35-34(28-9-3-1-4-10-28)32(25-44-33-13-7-8-22-37-33)42-36(43-35)30-20-14-26(15-21-30)23-38-45(40,41)31-11-5-2-6-12-31/h1-22,32,34-36,38-39H,23-25H2. The van der Waals surface area contributed by atoms with Crippen LogP contribution in [0.3, 0.4) is 0 Å². The molecule has 2 N–H and O–H groups in total. The first-order valence-corrected chi connectivity index (χ1v) is 17.2. The van der Waals surface area contributed by atoms with Gasteiger partial charge >= 0.3 is 0 Å². The zero-order valence-corrected chi connectivity index (χ0v) is 26.1. The van der Waals surface area contributed by atoms with E-state index in [-0.39, 0.29) is 36.2 Å². The van der Waals surface area contributed by atoms with Gasteiger partial charge in [0, 0.05) is 30.0 Å².